The van der Waals surface area contributed by atoms with E-state index < -0.39 is 23.6 Å². The van der Waals surface area contributed by atoms with E-state index >= 15 is 0 Å². The van der Waals surface area contributed by atoms with Gasteiger partial charge in [-0.2, -0.15) is 5.26 Å². The molecule has 0 aliphatic heterocycles. The molecule has 1 atom stereocenters. The highest BCUT2D eigenvalue weighted by Crippen LogP contribution is 2.16. The van der Waals surface area contributed by atoms with Crippen LogP contribution in [0.5, 0.6) is 0 Å². The summed E-state index contributed by atoms with van der Waals surface area (Å²) in [5.41, 5.74) is 0.401. The van der Waals surface area contributed by atoms with Gasteiger partial charge in [0.25, 0.3) is 5.91 Å². The molecule has 1 aromatic carbocycles. The molecule has 1 N–H and O–H groups in total. The van der Waals surface area contributed by atoms with E-state index in [2.05, 4.69) is 15.3 Å². The van der Waals surface area contributed by atoms with Crippen LogP contribution in [-0.4, -0.2) is 15.9 Å². The molecule has 0 radical (unpaired) electrons. The van der Waals surface area contributed by atoms with Gasteiger partial charge in [-0.1, -0.05) is 6.07 Å². The van der Waals surface area contributed by atoms with Crippen LogP contribution < -0.4 is 5.32 Å². The van der Waals surface area contributed by atoms with Crippen molar-refractivity contribution in [2.75, 3.05) is 0 Å². The number of nitrogens with one attached hydrogen (secondary N) is 1. The fourth-order valence-electron chi connectivity index (χ4n) is 1.66. The van der Waals surface area contributed by atoms with Gasteiger partial charge in [-0.05, 0) is 24.6 Å². The van der Waals surface area contributed by atoms with Crippen molar-refractivity contribution in [3.05, 3.63) is 59.2 Å². The Morgan fingerprint density at radius 1 is 1.33 bits per heavy atom. The molecule has 0 unspecified atom stereocenters. The molecule has 7 heteroatoms. The van der Waals surface area contributed by atoms with Crippen LogP contribution >= 0.6 is 0 Å². The minimum atomic E-state index is -0.986. The predicted molar refractivity (Wildman–Crippen MR) is 69.0 cm³/mol. The number of benzene rings is 1. The van der Waals surface area contributed by atoms with Crippen molar-refractivity contribution in [1.29, 1.82) is 5.26 Å². The van der Waals surface area contributed by atoms with E-state index in [-0.39, 0.29) is 11.4 Å². The SMILES string of the molecule is C[C@H](NC(=O)c1cncc(C#N)n1)c1ccc(F)c(F)c1. The molecule has 0 saturated carbocycles. The fraction of sp³-hybridized carbons (Fsp3) is 0.143. The van der Waals surface area contributed by atoms with E-state index in [1.165, 1.54) is 18.5 Å². The highest BCUT2D eigenvalue weighted by molar-refractivity contribution is 5.92. The predicted octanol–water partition coefficient (Wildman–Crippen LogP) is 2.12. The standard InChI is InChI=1S/C14H10F2N4O/c1-8(9-2-3-11(15)12(16)4-9)19-14(21)13-7-18-6-10(5-17)20-13/h2-4,6-8H,1H3,(H,19,21)/t8-/m0/s1. The molecule has 1 heterocycles. The van der Waals surface area contributed by atoms with E-state index in [0.29, 0.717) is 5.56 Å². The fourth-order valence-corrected chi connectivity index (χ4v) is 1.66. The van der Waals surface area contributed by atoms with Crippen LogP contribution in [0, 0.1) is 23.0 Å². The van der Waals surface area contributed by atoms with Gasteiger partial charge in [0.1, 0.15) is 11.8 Å². The van der Waals surface area contributed by atoms with Crippen LogP contribution in [0.3, 0.4) is 0 Å². The van der Waals surface area contributed by atoms with Gasteiger partial charge in [-0.25, -0.2) is 13.8 Å². The maximum Gasteiger partial charge on any atom is 0.272 e. The van der Waals surface area contributed by atoms with E-state index in [0.717, 1.165) is 12.1 Å². The summed E-state index contributed by atoms with van der Waals surface area (Å²) in [6, 6.07) is 4.60. The first-order chi connectivity index (χ1) is 10.0. The van der Waals surface area contributed by atoms with Crippen LogP contribution in [-0.2, 0) is 0 Å². The molecule has 0 aliphatic rings. The molecule has 0 saturated heterocycles. The van der Waals surface area contributed by atoms with Gasteiger partial charge in [0.05, 0.1) is 18.4 Å². The Balaban J connectivity index is 2.14. The molecule has 106 valence electrons. The summed E-state index contributed by atoms with van der Waals surface area (Å²) < 4.78 is 26.0. The number of rotatable bonds is 3. The average molecular weight is 288 g/mol. The zero-order valence-corrected chi connectivity index (χ0v) is 11.0. The number of carbonyl (C=O) groups excluding carboxylic acids is 1. The first-order valence-electron chi connectivity index (χ1n) is 5.99. The Morgan fingerprint density at radius 3 is 2.76 bits per heavy atom. The largest absolute Gasteiger partial charge is 0.344 e. The Kier molecular flexibility index (Phi) is 4.18. The lowest BCUT2D eigenvalue weighted by molar-refractivity contribution is 0.0934. The zero-order valence-electron chi connectivity index (χ0n) is 11.0. The molecule has 0 fully saturated rings. The van der Waals surface area contributed by atoms with Crippen molar-refractivity contribution in [3.63, 3.8) is 0 Å². The monoisotopic (exact) mass is 288 g/mol. The summed E-state index contributed by atoms with van der Waals surface area (Å²) >= 11 is 0. The minimum Gasteiger partial charge on any atom is -0.344 e. The first-order valence-corrected chi connectivity index (χ1v) is 5.99. The van der Waals surface area contributed by atoms with Crippen molar-refractivity contribution in [1.82, 2.24) is 15.3 Å². The molecule has 21 heavy (non-hydrogen) atoms. The van der Waals surface area contributed by atoms with Gasteiger partial charge in [0, 0.05) is 0 Å². The molecule has 5 nitrogen and oxygen atoms in total. The number of carbonyl (C=O) groups is 1. The van der Waals surface area contributed by atoms with Gasteiger partial charge in [-0.3, -0.25) is 9.78 Å². The average Bonchev–Trinajstić information content (AvgIpc) is 2.49. The van der Waals surface area contributed by atoms with Gasteiger partial charge >= 0.3 is 0 Å². The molecule has 2 aromatic rings. The lowest BCUT2D eigenvalue weighted by Gasteiger charge is -2.14. The summed E-state index contributed by atoms with van der Waals surface area (Å²) in [5, 5.41) is 11.3. The molecule has 1 aromatic heterocycles. The third-order valence-corrected chi connectivity index (χ3v) is 2.77. The van der Waals surface area contributed by atoms with Crippen LogP contribution in [0.15, 0.2) is 30.6 Å². The summed E-state index contributed by atoms with van der Waals surface area (Å²) in [7, 11) is 0. The summed E-state index contributed by atoms with van der Waals surface area (Å²) in [5.74, 6) is -2.50. The van der Waals surface area contributed by atoms with Crippen LogP contribution in [0.4, 0.5) is 8.78 Å². The van der Waals surface area contributed by atoms with E-state index in [4.69, 9.17) is 5.26 Å². The second kappa shape index (κ2) is 6.05. The second-order valence-electron chi connectivity index (χ2n) is 4.27. The smallest absolute Gasteiger partial charge is 0.272 e. The Hall–Kier alpha value is -2.88. The van der Waals surface area contributed by atoms with E-state index in [1.54, 1.807) is 13.0 Å². The summed E-state index contributed by atoms with van der Waals surface area (Å²) in [6.45, 7) is 1.62. The minimum absolute atomic E-state index is 0.0168. The van der Waals surface area contributed by atoms with Crippen LogP contribution in [0.25, 0.3) is 0 Å². The van der Waals surface area contributed by atoms with Crippen molar-refractivity contribution >= 4 is 5.91 Å². The highest BCUT2D eigenvalue weighted by Gasteiger charge is 2.15. The number of amides is 1. The molecule has 0 bridgehead atoms. The highest BCUT2D eigenvalue weighted by atomic mass is 19.2. The van der Waals surface area contributed by atoms with Crippen LogP contribution in [0.2, 0.25) is 0 Å². The molecule has 0 aliphatic carbocycles. The molecular weight excluding hydrogens is 278 g/mol. The van der Waals surface area contributed by atoms with E-state index in [9.17, 15) is 13.6 Å². The van der Waals surface area contributed by atoms with E-state index in [1.807, 2.05) is 0 Å². The molecule has 2 rings (SSSR count). The third-order valence-electron chi connectivity index (χ3n) is 2.77. The normalized spacial score (nSPS) is 11.5. The lowest BCUT2D eigenvalue weighted by Crippen LogP contribution is -2.27. The Morgan fingerprint density at radius 2 is 2.10 bits per heavy atom. The number of hydrogen-bond donors (Lipinski definition) is 1. The molecule has 0 spiro atoms. The Labute approximate surface area is 119 Å². The zero-order chi connectivity index (χ0) is 15.4. The number of aromatic nitrogens is 2. The molecular formula is C14H10F2N4O. The van der Waals surface area contributed by atoms with Crippen molar-refractivity contribution in [3.8, 4) is 6.07 Å². The number of nitriles is 1. The van der Waals surface area contributed by atoms with Crippen molar-refractivity contribution < 1.29 is 13.6 Å². The molecule has 1 amide bonds. The number of nitrogens with zero attached hydrogens (tertiary/aromatic N) is 3. The van der Waals surface area contributed by atoms with Crippen molar-refractivity contribution in [2.24, 2.45) is 0 Å². The van der Waals surface area contributed by atoms with Crippen molar-refractivity contribution in [2.45, 2.75) is 13.0 Å². The Bertz CT molecular complexity index is 727. The van der Waals surface area contributed by atoms with Gasteiger partial charge in [0.2, 0.25) is 0 Å². The number of halogens is 2. The van der Waals surface area contributed by atoms with Gasteiger partial charge in [0.15, 0.2) is 17.3 Å². The topological polar surface area (TPSA) is 78.7 Å². The van der Waals surface area contributed by atoms with Gasteiger partial charge < -0.3 is 5.32 Å². The second-order valence-corrected chi connectivity index (χ2v) is 4.27. The van der Waals surface area contributed by atoms with Gasteiger partial charge in [-0.15, -0.1) is 0 Å². The summed E-state index contributed by atoms with van der Waals surface area (Å²) in [6.07, 6.45) is 2.45. The summed E-state index contributed by atoms with van der Waals surface area (Å²) in [4.78, 5) is 19.5. The maximum atomic E-state index is 13.2. The maximum absolute atomic E-state index is 13.2. The first kappa shape index (κ1) is 14.5. The quantitative estimate of drug-likeness (QED) is 0.938. The van der Waals surface area contributed by atoms with Crippen LogP contribution in [0.1, 0.15) is 34.7 Å². The third kappa shape index (κ3) is 3.36. The number of hydrogen-bond acceptors (Lipinski definition) is 4. The lowest BCUT2D eigenvalue weighted by atomic mass is 10.1.